The van der Waals surface area contributed by atoms with E-state index in [-0.39, 0.29) is 22.3 Å². The SMILES string of the molecule is CCNC(=O)[C@H](SSCCCN(C)C(=O)[C@H](SSC)C(C)C)C(C)C. The Morgan fingerprint density at radius 2 is 1.64 bits per heavy atom. The van der Waals surface area contributed by atoms with Crippen molar-refractivity contribution in [2.24, 2.45) is 11.8 Å². The minimum atomic E-state index is -0.0207. The van der Waals surface area contributed by atoms with Crippen molar-refractivity contribution < 1.29 is 9.59 Å². The van der Waals surface area contributed by atoms with Crippen molar-refractivity contribution in [3.05, 3.63) is 0 Å². The molecule has 8 heteroatoms. The third-order valence-corrected chi connectivity index (χ3v) is 8.97. The standard InChI is InChI=1S/C17H34N2O2S4/c1-8-18-16(20)14(12(2)3)25-23-11-9-10-19(6)17(21)15(13(4)5)24-22-7/h12-15H,8-11H2,1-7H3,(H,18,20)/t14-,15-/m1/s1. The van der Waals surface area contributed by atoms with Gasteiger partial charge in [0.1, 0.15) is 0 Å². The van der Waals surface area contributed by atoms with Crippen LogP contribution in [0, 0.1) is 11.8 Å². The van der Waals surface area contributed by atoms with Crippen LogP contribution in [0.3, 0.4) is 0 Å². The molecule has 0 heterocycles. The van der Waals surface area contributed by atoms with Crippen LogP contribution in [-0.4, -0.2) is 59.4 Å². The monoisotopic (exact) mass is 426 g/mol. The molecule has 0 aliphatic carbocycles. The van der Waals surface area contributed by atoms with Crippen molar-refractivity contribution in [2.75, 3.05) is 32.1 Å². The Hall–Kier alpha value is 0.340. The Labute approximate surface area is 170 Å². The van der Waals surface area contributed by atoms with E-state index in [1.54, 1.807) is 43.2 Å². The van der Waals surface area contributed by atoms with Crippen LogP contribution >= 0.6 is 43.2 Å². The van der Waals surface area contributed by atoms with Crippen LogP contribution in [0.2, 0.25) is 0 Å². The van der Waals surface area contributed by atoms with Crippen molar-refractivity contribution in [1.29, 1.82) is 0 Å². The Kier molecular flexibility index (Phi) is 14.6. The number of nitrogens with one attached hydrogen (secondary N) is 1. The lowest BCUT2D eigenvalue weighted by atomic mass is 10.1. The maximum atomic E-state index is 12.5. The molecule has 0 aromatic heterocycles. The maximum Gasteiger partial charge on any atom is 0.236 e. The Morgan fingerprint density at radius 1 is 1.04 bits per heavy atom. The molecule has 0 unspecified atom stereocenters. The number of rotatable bonds is 13. The molecule has 0 spiro atoms. The highest BCUT2D eigenvalue weighted by molar-refractivity contribution is 8.77. The molecule has 0 aromatic rings. The minimum Gasteiger partial charge on any atom is -0.355 e. The summed E-state index contributed by atoms with van der Waals surface area (Å²) in [5, 5.41) is 2.90. The smallest absolute Gasteiger partial charge is 0.236 e. The second kappa shape index (κ2) is 14.4. The first kappa shape index (κ1) is 25.3. The van der Waals surface area contributed by atoms with Gasteiger partial charge >= 0.3 is 0 Å². The fourth-order valence-corrected chi connectivity index (χ4v) is 7.20. The third kappa shape index (κ3) is 10.3. The summed E-state index contributed by atoms with van der Waals surface area (Å²) in [6.07, 6.45) is 2.95. The van der Waals surface area contributed by atoms with Gasteiger partial charge in [0, 0.05) is 25.9 Å². The van der Waals surface area contributed by atoms with Gasteiger partial charge in [0.15, 0.2) is 0 Å². The first-order valence-electron chi connectivity index (χ1n) is 8.76. The number of hydrogen-bond acceptors (Lipinski definition) is 6. The average Bonchev–Trinajstić information content (AvgIpc) is 2.54. The van der Waals surface area contributed by atoms with E-state index in [9.17, 15) is 9.59 Å². The molecule has 2 atom stereocenters. The highest BCUT2D eigenvalue weighted by atomic mass is 33.1. The van der Waals surface area contributed by atoms with Crippen molar-refractivity contribution in [2.45, 2.75) is 51.5 Å². The van der Waals surface area contributed by atoms with E-state index in [1.807, 2.05) is 25.1 Å². The van der Waals surface area contributed by atoms with Gasteiger partial charge in [-0.3, -0.25) is 9.59 Å². The molecule has 0 saturated carbocycles. The van der Waals surface area contributed by atoms with Crippen LogP contribution in [0.1, 0.15) is 41.0 Å². The van der Waals surface area contributed by atoms with E-state index in [0.717, 1.165) is 18.7 Å². The van der Waals surface area contributed by atoms with Gasteiger partial charge in [-0.05, 0) is 31.4 Å². The fraction of sp³-hybridized carbons (Fsp3) is 0.882. The first-order chi connectivity index (χ1) is 11.8. The van der Waals surface area contributed by atoms with Gasteiger partial charge in [-0.1, -0.05) is 70.9 Å². The first-order valence-corrected chi connectivity index (χ1v) is 13.8. The highest BCUT2D eigenvalue weighted by Crippen LogP contribution is 2.32. The van der Waals surface area contributed by atoms with E-state index in [1.165, 1.54) is 0 Å². The number of nitrogens with zero attached hydrogens (tertiary/aromatic N) is 1. The summed E-state index contributed by atoms with van der Waals surface area (Å²) in [6.45, 7) is 11.7. The molecule has 0 aliphatic rings. The largest absolute Gasteiger partial charge is 0.355 e. The Bertz CT molecular complexity index is 395. The van der Waals surface area contributed by atoms with Crippen molar-refractivity contribution in [1.82, 2.24) is 10.2 Å². The van der Waals surface area contributed by atoms with E-state index >= 15 is 0 Å². The normalized spacial score (nSPS) is 13.8. The summed E-state index contributed by atoms with van der Waals surface area (Å²) in [4.78, 5) is 26.4. The van der Waals surface area contributed by atoms with E-state index in [2.05, 4.69) is 33.0 Å². The molecule has 0 saturated heterocycles. The molecule has 0 aliphatic heterocycles. The second-order valence-electron chi connectivity index (χ2n) is 6.52. The fourth-order valence-electron chi connectivity index (χ4n) is 2.08. The van der Waals surface area contributed by atoms with Crippen LogP contribution in [0.5, 0.6) is 0 Å². The molecule has 0 rings (SSSR count). The number of carbonyl (C=O) groups excluding carboxylic acids is 2. The van der Waals surface area contributed by atoms with Crippen LogP contribution in [-0.2, 0) is 9.59 Å². The lowest BCUT2D eigenvalue weighted by Gasteiger charge is -2.25. The molecule has 1 N–H and O–H groups in total. The van der Waals surface area contributed by atoms with Gasteiger partial charge in [0.25, 0.3) is 0 Å². The lowest BCUT2D eigenvalue weighted by molar-refractivity contribution is -0.130. The minimum absolute atomic E-state index is 0.0186. The van der Waals surface area contributed by atoms with Gasteiger partial charge in [0.05, 0.1) is 10.5 Å². The van der Waals surface area contributed by atoms with Gasteiger partial charge < -0.3 is 10.2 Å². The number of amides is 2. The summed E-state index contributed by atoms with van der Waals surface area (Å²) < 4.78 is 0. The zero-order valence-corrected chi connectivity index (χ0v) is 19.8. The molecule has 148 valence electrons. The van der Waals surface area contributed by atoms with Crippen LogP contribution in [0.25, 0.3) is 0 Å². The van der Waals surface area contributed by atoms with Gasteiger partial charge in [-0.15, -0.1) is 0 Å². The van der Waals surface area contributed by atoms with Crippen molar-refractivity contribution >= 4 is 55.0 Å². The van der Waals surface area contributed by atoms with E-state index in [4.69, 9.17) is 0 Å². The topological polar surface area (TPSA) is 49.4 Å². The molecule has 0 bridgehead atoms. The van der Waals surface area contributed by atoms with Gasteiger partial charge in [0.2, 0.25) is 11.8 Å². The molecule has 4 nitrogen and oxygen atoms in total. The zero-order valence-electron chi connectivity index (χ0n) is 16.5. The van der Waals surface area contributed by atoms with E-state index < -0.39 is 0 Å². The summed E-state index contributed by atoms with van der Waals surface area (Å²) in [5.41, 5.74) is 0. The molecule has 0 radical (unpaired) electrons. The number of hydrogen-bond donors (Lipinski definition) is 1. The van der Waals surface area contributed by atoms with Crippen LogP contribution in [0.15, 0.2) is 0 Å². The maximum absolute atomic E-state index is 12.5. The molecule has 0 fully saturated rings. The van der Waals surface area contributed by atoms with Crippen molar-refractivity contribution in [3.8, 4) is 0 Å². The molecule has 25 heavy (non-hydrogen) atoms. The molecule has 0 aromatic carbocycles. The third-order valence-electron chi connectivity index (χ3n) is 3.53. The van der Waals surface area contributed by atoms with Crippen LogP contribution in [0.4, 0.5) is 0 Å². The average molecular weight is 427 g/mol. The Balaban J connectivity index is 4.21. The summed E-state index contributed by atoms with van der Waals surface area (Å²) >= 11 is 0. The van der Waals surface area contributed by atoms with Crippen molar-refractivity contribution in [3.63, 3.8) is 0 Å². The summed E-state index contributed by atoms with van der Waals surface area (Å²) in [6, 6.07) is 0. The predicted molar refractivity (Wildman–Crippen MR) is 119 cm³/mol. The Morgan fingerprint density at radius 3 is 2.12 bits per heavy atom. The van der Waals surface area contributed by atoms with E-state index in [0.29, 0.717) is 18.4 Å². The second-order valence-corrected chi connectivity index (χ2v) is 11.8. The number of carbonyl (C=O) groups is 2. The molecule has 2 amide bonds. The summed E-state index contributed by atoms with van der Waals surface area (Å²) in [7, 11) is 8.58. The van der Waals surface area contributed by atoms with Gasteiger partial charge in [-0.2, -0.15) is 0 Å². The lowest BCUT2D eigenvalue weighted by Crippen LogP contribution is -2.37. The summed E-state index contributed by atoms with van der Waals surface area (Å²) in [5.74, 6) is 1.92. The predicted octanol–water partition coefficient (Wildman–Crippen LogP) is 4.41. The molecular weight excluding hydrogens is 392 g/mol. The highest BCUT2D eigenvalue weighted by Gasteiger charge is 2.26. The zero-order chi connectivity index (χ0) is 19.4. The van der Waals surface area contributed by atoms with Crippen LogP contribution < -0.4 is 5.32 Å². The van der Waals surface area contributed by atoms with Gasteiger partial charge in [-0.25, -0.2) is 0 Å². The molecular formula is C17H34N2O2S4. The quantitative estimate of drug-likeness (QED) is 0.348.